The zero-order chi connectivity index (χ0) is 26.4. The zero-order valence-electron chi connectivity index (χ0n) is 20.0. The van der Waals surface area contributed by atoms with Gasteiger partial charge in [0.05, 0.1) is 27.8 Å². The Bertz CT molecular complexity index is 1590. The standard InChI is InChI=1S/C27H22O10/c1-33-18-5-4-12(6-15(18)28)19-10-16(29)25-17(30)11-20-24(27(25)37-19)14(9-23(31)36-20)13-7-21(34-2)26(32)22(8-13)35-3/h4-8,10-11,14,28,30,32H,9H2,1-3H3/t14-/m0/s1. The summed E-state index contributed by atoms with van der Waals surface area (Å²) in [4.78, 5) is 25.7. The van der Waals surface area contributed by atoms with E-state index in [0.29, 0.717) is 16.7 Å². The molecule has 0 unspecified atom stereocenters. The van der Waals surface area contributed by atoms with Gasteiger partial charge < -0.3 is 38.7 Å². The molecule has 3 aromatic carbocycles. The number of benzene rings is 3. The van der Waals surface area contributed by atoms with Crippen LogP contribution in [0.3, 0.4) is 0 Å². The van der Waals surface area contributed by atoms with Crippen LogP contribution in [0.5, 0.6) is 40.2 Å². The molecule has 37 heavy (non-hydrogen) atoms. The lowest BCUT2D eigenvalue weighted by molar-refractivity contribution is -0.135. The Hall–Kier alpha value is -4.86. The minimum absolute atomic E-state index is 0.0105. The third-order valence-electron chi connectivity index (χ3n) is 6.29. The van der Waals surface area contributed by atoms with Gasteiger partial charge in [0.15, 0.2) is 28.4 Å². The molecule has 10 heteroatoms. The van der Waals surface area contributed by atoms with Gasteiger partial charge in [-0.2, -0.15) is 0 Å². The van der Waals surface area contributed by atoms with Crippen LogP contribution in [0.2, 0.25) is 0 Å². The number of phenolic OH excluding ortho intramolecular Hbond substituents is 3. The third kappa shape index (κ3) is 3.92. The van der Waals surface area contributed by atoms with E-state index in [1.54, 1.807) is 18.2 Å². The number of phenols is 3. The second-order valence-electron chi connectivity index (χ2n) is 8.38. The minimum atomic E-state index is -0.703. The van der Waals surface area contributed by atoms with E-state index in [1.807, 2.05) is 0 Å². The number of carbonyl (C=O) groups excluding carboxylic acids is 1. The fourth-order valence-corrected chi connectivity index (χ4v) is 4.54. The highest BCUT2D eigenvalue weighted by atomic mass is 16.5. The van der Waals surface area contributed by atoms with Crippen molar-refractivity contribution in [3.63, 3.8) is 0 Å². The number of hydrogen-bond donors (Lipinski definition) is 3. The first-order valence-corrected chi connectivity index (χ1v) is 11.1. The summed E-state index contributed by atoms with van der Waals surface area (Å²) in [7, 11) is 4.17. The topological polar surface area (TPSA) is 145 Å². The molecule has 0 aliphatic carbocycles. The Morgan fingerprint density at radius 2 is 1.51 bits per heavy atom. The first-order chi connectivity index (χ1) is 17.7. The number of aromatic hydroxyl groups is 3. The quantitative estimate of drug-likeness (QED) is 0.268. The Kier molecular flexibility index (Phi) is 5.79. The third-order valence-corrected chi connectivity index (χ3v) is 6.29. The van der Waals surface area contributed by atoms with Crippen LogP contribution >= 0.6 is 0 Å². The van der Waals surface area contributed by atoms with Gasteiger partial charge in [0.2, 0.25) is 5.75 Å². The summed E-state index contributed by atoms with van der Waals surface area (Å²) in [6.07, 6.45) is -0.124. The summed E-state index contributed by atoms with van der Waals surface area (Å²) in [5.74, 6) is -1.44. The van der Waals surface area contributed by atoms with Crippen molar-refractivity contribution in [1.82, 2.24) is 0 Å². The average molecular weight is 506 g/mol. The van der Waals surface area contributed by atoms with E-state index in [9.17, 15) is 24.9 Å². The zero-order valence-corrected chi connectivity index (χ0v) is 20.0. The smallest absolute Gasteiger partial charge is 0.312 e. The molecule has 0 bridgehead atoms. The van der Waals surface area contributed by atoms with Crippen molar-refractivity contribution in [2.24, 2.45) is 0 Å². The molecule has 0 spiro atoms. The van der Waals surface area contributed by atoms with Gasteiger partial charge in [-0.05, 0) is 35.9 Å². The molecule has 0 saturated heterocycles. The molecule has 3 N–H and O–H groups in total. The molecule has 5 rings (SSSR count). The van der Waals surface area contributed by atoms with Crippen LogP contribution < -0.4 is 24.4 Å². The highest BCUT2D eigenvalue weighted by molar-refractivity contribution is 5.93. The molecule has 1 aliphatic heterocycles. The first-order valence-electron chi connectivity index (χ1n) is 11.1. The molecule has 0 fully saturated rings. The van der Waals surface area contributed by atoms with Crippen molar-refractivity contribution in [2.45, 2.75) is 12.3 Å². The number of rotatable bonds is 5. The second kappa shape index (κ2) is 8.98. The Balaban J connectivity index is 1.80. The molecule has 0 amide bonds. The van der Waals surface area contributed by atoms with Crippen LogP contribution in [0.15, 0.2) is 51.7 Å². The molecule has 2 heterocycles. The van der Waals surface area contributed by atoms with Crippen molar-refractivity contribution in [2.75, 3.05) is 21.3 Å². The molecule has 4 aromatic rings. The van der Waals surface area contributed by atoms with Crippen LogP contribution in [0.4, 0.5) is 0 Å². The molecule has 0 radical (unpaired) electrons. The molecule has 1 aromatic heterocycles. The Labute approximate surface area is 209 Å². The van der Waals surface area contributed by atoms with Crippen molar-refractivity contribution in [3.8, 4) is 51.6 Å². The number of carbonyl (C=O) groups is 1. The fourth-order valence-electron chi connectivity index (χ4n) is 4.54. The summed E-state index contributed by atoms with van der Waals surface area (Å²) in [6, 6.07) is 10.0. The van der Waals surface area contributed by atoms with E-state index in [0.717, 1.165) is 0 Å². The number of fused-ring (bicyclic) bond motifs is 3. The van der Waals surface area contributed by atoms with E-state index in [1.165, 1.54) is 45.6 Å². The lowest BCUT2D eigenvalue weighted by Gasteiger charge is -2.26. The monoisotopic (exact) mass is 506 g/mol. The van der Waals surface area contributed by atoms with Crippen molar-refractivity contribution in [3.05, 3.63) is 63.8 Å². The van der Waals surface area contributed by atoms with Gasteiger partial charge in [-0.25, -0.2) is 0 Å². The predicted molar refractivity (Wildman–Crippen MR) is 131 cm³/mol. The van der Waals surface area contributed by atoms with Gasteiger partial charge in [-0.1, -0.05) is 0 Å². The summed E-state index contributed by atoms with van der Waals surface area (Å²) >= 11 is 0. The van der Waals surface area contributed by atoms with Gasteiger partial charge in [0.25, 0.3) is 0 Å². The van der Waals surface area contributed by atoms with Crippen LogP contribution in [0, 0.1) is 0 Å². The fraction of sp³-hybridized carbons (Fsp3) is 0.185. The van der Waals surface area contributed by atoms with Crippen LogP contribution in [0.1, 0.15) is 23.5 Å². The van der Waals surface area contributed by atoms with E-state index in [-0.39, 0.29) is 57.6 Å². The van der Waals surface area contributed by atoms with Gasteiger partial charge in [-0.3, -0.25) is 9.59 Å². The highest BCUT2D eigenvalue weighted by Crippen LogP contribution is 2.48. The van der Waals surface area contributed by atoms with Crippen molar-refractivity contribution in [1.29, 1.82) is 0 Å². The lowest BCUT2D eigenvalue weighted by atomic mass is 9.84. The van der Waals surface area contributed by atoms with Gasteiger partial charge in [0.1, 0.15) is 28.2 Å². The number of methoxy groups -OCH3 is 3. The number of ether oxygens (including phenoxy) is 4. The number of esters is 1. The minimum Gasteiger partial charge on any atom is -0.507 e. The average Bonchev–Trinajstić information content (AvgIpc) is 2.87. The maximum atomic E-state index is 13.2. The molecule has 1 atom stereocenters. The lowest BCUT2D eigenvalue weighted by Crippen LogP contribution is -2.22. The summed E-state index contributed by atoms with van der Waals surface area (Å²) in [5, 5.41) is 31.1. The first kappa shape index (κ1) is 23.9. The van der Waals surface area contributed by atoms with E-state index >= 15 is 0 Å². The van der Waals surface area contributed by atoms with Crippen LogP contribution in [0.25, 0.3) is 22.3 Å². The van der Waals surface area contributed by atoms with E-state index in [4.69, 9.17) is 23.4 Å². The molecular formula is C27H22O10. The maximum absolute atomic E-state index is 13.2. The van der Waals surface area contributed by atoms with Gasteiger partial charge in [0, 0.05) is 29.2 Å². The molecule has 10 nitrogen and oxygen atoms in total. The maximum Gasteiger partial charge on any atom is 0.312 e. The summed E-state index contributed by atoms with van der Waals surface area (Å²) in [5.41, 5.74) is 0.719. The van der Waals surface area contributed by atoms with Crippen LogP contribution in [-0.2, 0) is 4.79 Å². The van der Waals surface area contributed by atoms with Gasteiger partial charge >= 0.3 is 5.97 Å². The molecule has 1 aliphatic rings. The summed E-state index contributed by atoms with van der Waals surface area (Å²) < 4.78 is 27.2. The normalized spacial score (nSPS) is 14.7. The van der Waals surface area contributed by atoms with E-state index in [2.05, 4.69) is 0 Å². The van der Waals surface area contributed by atoms with Crippen molar-refractivity contribution < 1.29 is 43.5 Å². The largest absolute Gasteiger partial charge is 0.507 e. The SMILES string of the molecule is COc1ccc(-c2cc(=O)c3c(O)cc4c(c3o2)[C@H](c2cc(OC)c(O)c(OC)c2)CC(=O)O4)cc1O. The summed E-state index contributed by atoms with van der Waals surface area (Å²) in [6.45, 7) is 0. The number of hydrogen-bond acceptors (Lipinski definition) is 10. The van der Waals surface area contributed by atoms with Crippen molar-refractivity contribution >= 4 is 16.9 Å². The van der Waals surface area contributed by atoms with Crippen LogP contribution in [-0.4, -0.2) is 42.6 Å². The molecule has 190 valence electrons. The highest BCUT2D eigenvalue weighted by Gasteiger charge is 2.34. The molecular weight excluding hydrogens is 484 g/mol. The second-order valence-corrected chi connectivity index (χ2v) is 8.38. The van der Waals surface area contributed by atoms with Gasteiger partial charge in [-0.15, -0.1) is 0 Å². The molecule has 0 saturated carbocycles. The predicted octanol–water partition coefficient (Wildman–Crippen LogP) is 4.04. The Morgan fingerprint density at radius 3 is 2.14 bits per heavy atom. The Morgan fingerprint density at radius 1 is 0.838 bits per heavy atom. The van der Waals surface area contributed by atoms with E-state index < -0.39 is 23.1 Å².